The standard InChI is InChI=1S/C12H18O2.2C2H6/c1-3-8-13-9-10-14-12-6-4-11(2)5-7-12;2*1-2/h4-7H,3,8-10H2,1-2H3;2*1-2H3. The number of aryl methyl sites for hydroxylation is 1. The fraction of sp³-hybridized carbons (Fsp3) is 0.625. The van der Waals surface area contributed by atoms with Gasteiger partial charge in [0.1, 0.15) is 12.4 Å². The molecule has 0 radical (unpaired) electrons. The Hall–Kier alpha value is -1.02. The Bertz CT molecular complexity index is 242. The molecule has 0 saturated heterocycles. The summed E-state index contributed by atoms with van der Waals surface area (Å²) in [5.41, 5.74) is 1.25. The van der Waals surface area contributed by atoms with Gasteiger partial charge < -0.3 is 9.47 Å². The van der Waals surface area contributed by atoms with Crippen LogP contribution in [0.3, 0.4) is 0 Å². The van der Waals surface area contributed by atoms with Crippen molar-refractivity contribution in [2.75, 3.05) is 19.8 Å². The minimum atomic E-state index is 0.628. The van der Waals surface area contributed by atoms with E-state index in [-0.39, 0.29) is 0 Å². The summed E-state index contributed by atoms with van der Waals surface area (Å²) < 4.78 is 10.8. The molecule has 0 heterocycles. The Balaban J connectivity index is 0. The van der Waals surface area contributed by atoms with Gasteiger partial charge in [0.05, 0.1) is 6.61 Å². The van der Waals surface area contributed by atoms with E-state index < -0.39 is 0 Å². The molecule has 0 bridgehead atoms. The average Bonchev–Trinajstić information content (AvgIpc) is 2.45. The molecule has 18 heavy (non-hydrogen) atoms. The number of benzene rings is 1. The van der Waals surface area contributed by atoms with E-state index >= 15 is 0 Å². The monoisotopic (exact) mass is 254 g/mol. The van der Waals surface area contributed by atoms with E-state index in [1.165, 1.54) is 5.56 Å². The molecule has 0 unspecified atom stereocenters. The van der Waals surface area contributed by atoms with Gasteiger partial charge in [-0.25, -0.2) is 0 Å². The van der Waals surface area contributed by atoms with Crippen molar-refractivity contribution < 1.29 is 9.47 Å². The minimum absolute atomic E-state index is 0.628. The molecule has 0 atom stereocenters. The summed E-state index contributed by atoms with van der Waals surface area (Å²) in [5, 5.41) is 0. The highest BCUT2D eigenvalue weighted by Crippen LogP contribution is 2.10. The second-order valence-electron chi connectivity index (χ2n) is 3.27. The number of ether oxygens (including phenoxy) is 2. The van der Waals surface area contributed by atoms with Gasteiger partial charge in [-0.1, -0.05) is 52.3 Å². The maximum absolute atomic E-state index is 5.48. The topological polar surface area (TPSA) is 18.5 Å². The lowest BCUT2D eigenvalue weighted by atomic mass is 10.2. The fourth-order valence-corrected chi connectivity index (χ4v) is 1.10. The maximum atomic E-state index is 5.48. The summed E-state index contributed by atoms with van der Waals surface area (Å²) in [6.45, 7) is 14.3. The smallest absolute Gasteiger partial charge is 0.119 e. The van der Waals surface area contributed by atoms with Crippen molar-refractivity contribution in [2.24, 2.45) is 0 Å². The molecular formula is C16H30O2. The zero-order valence-electron chi connectivity index (χ0n) is 13.0. The van der Waals surface area contributed by atoms with Crippen LogP contribution >= 0.6 is 0 Å². The second kappa shape index (κ2) is 16.0. The van der Waals surface area contributed by atoms with E-state index in [0.717, 1.165) is 18.8 Å². The molecule has 0 amide bonds. The van der Waals surface area contributed by atoms with Gasteiger partial charge in [-0.3, -0.25) is 0 Å². The van der Waals surface area contributed by atoms with Crippen LogP contribution in [0, 0.1) is 6.92 Å². The molecule has 1 aromatic rings. The van der Waals surface area contributed by atoms with Crippen LogP contribution in [-0.2, 0) is 4.74 Å². The Morgan fingerprint density at radius 1 is 0.833 bits per heavy atom. The summed E-state index contributed by atoms with van der Waals surface area (Å²) in [4.78, 5) is 0. The summed E-state index contributed by atoms with van der Waals surface area (Å²) in [6.07, 6.45) is 1.06. The van der Waals surface area contributed by atoms with Gasteiger partial charge in [-0.2, -0.15) is 0 Å². The summed E-state index contributed by atoms with van der Waals surface area (Å²) in [6, 6.07) is 8.05. The Morgan fingerprint density at radius 3 is 1.89 bits per heavy atom. The summed E-state index contributed by atoms with van der Waals surface area (Å²) in [5.74, 6) is 0.913. The lowest BCUT2D eigenvalue weighted by Gasteiger charge is -2.06. The molecule has 0 aliphatic heterocycles. The highest BCUT2D eigenvalue weighted by molar-refractivity contribution is 5.26. The molecule has 0 N–H and O–H groups in total. The largest absolute Gasteiger partial charge is 0.491 e. The normalized spacial score (nSPS) is 8.56. The van der Waals surface area contributed by atoms with E-state index in [1.807, 2.05) is 52.0 Å². The summed E-state index contributed by atoms with van der Waals surface area (Å²) in [7, 11) is 0. The van der Waals surface area contributed by atoms with Crippen LogP contribution in [0.15, 0.2) is 24.3 Å². The molecule has 0 aliphatic carbocycles. The first kappa shape index (κ1) is 19.3. The first-order chi connectivity index (χ1) is 8.83. The molecular weight excluding hydrogens is 224 g/mol. The molecule has 0 saturated carbocycles. The van der Waals surface area contributed by atoms with Crippen LogP contribution < -0.4 is 4.74 Å². The number of hydrogen-bond acceptors (Lipinski definition) is 2. The van der Waals surface area contributed by atoms with Crippen molar-refractivity contribution >= 4 is 0 Å². The van der Waals surface area contributed by atoms with E-state index in [1.54, 1.807) is 0 Å². The van der Waals surface area contributed by atoms with Crippen LogP contribution in [-0.4, -0.2) is 19.8 Å². The first-order valence-electron chi connectivity index (χ1n) is 7.10. The highest BCUT2D eigenvalue weighted by atomic mass is 16.5. The minimum Gasteiger partial charge on any atom is -0.491 e. The molecule has 1 aromatic carbocycles. The molecule has 0 spiro atoms. The van der Waals surface area contributed by atoms with Crippen LogP contribution in [0.1, 0.15) is 46.6 Å². The highest BCUT2D eigenvalue weighted by Gasteiger charge is 1.92. The maximum Gasteiger partial charge on any atom is 0.119 e. The Kier molecular flexibility index (Phi) is 17.2. The zero-order valence-corrected chi connectivity index (χ0v) is 13.0. The first-order valence-corrected chi connectivity index (χ1v) is 7.10. The van der Waals surface area contributed by atoms with Crippen molar-refractivity contribution in [2.45, 2.75) is 48.0 Å². The fourth-order valence-electron chi connectivity index (χ4n) is 1.10. The van der Waals surface area contributed by atoms with Crippen LogP contribution in [0.5, 0.6) is 5.75 Å². The van der Waals surface area contributed by atoms with E-state index in [4.69, 9.17) is 9.47 Å². The molecule has 2 heteroatoms. The SMILES string of the molecule is CC.CC.CCCOCCOc1ccc(C)cc1. The van der Waals surface area contributed by atoms with Gasteiger partial charge >= 0.3 is 0 Å². The Labute approximate surface area is 113 Å². The van der Waals surface area contributed by atoms with Crippen molar-refractivity contribution in [1.82, 2.24) is 0 Å². The van der Waals surface area contributed by atoms with Crippen molar-refractivity contribution in [3.63, 3.8) is 0 Å². The Morgan fingerprint density at radius 2 is 1.39 bits per heavy atom. The van der Waals surface area contributed by atoms with Crippen molar-refractivity contribution in [1.29, 1.82) is 0 Å². The van der Waals surface area contributed by atoms with E-state index in [9.17, 15) is 0 Å². The van der Waals surface area contributed by atoms with Gasteiger partial charge in [0, 0.05) is 6.61 Å². The third-order valence-electron chi connectivity index (χ3n) is 1.87. The lowest BCUT2D eigenvalue weighted by Crippen LogP contribution is -2.06. The van der Waals surface area contributed by atoms with Gasteiger partial charge in [-0.15, -0.1) is 0 Å². The lowest BCUT2D eigenvalue weighted by molar-refractivity contribution is 0.101. The van der Waals surface area contributed by atoms with Gasteiger partial charge in [0.25, 0.3) is 0 Å². The molecule has 0 fully saturated rings. The van der Waals surface area contributed by atoms with E-state index in [0.29, 0.717) is 13.2 Å². The predicted octanol–water partition coefficient (Wildman–Crippen LogP) is 4.85. The van der Waals surface area contributed by atoms with Gasteiger partial charge in [0.15, 0.2) is 0 Å². The third-order valence-corrected chi connectivity index (χ3v) is 1.87. The molecule has 0 aliphatic rings. The van der Waals surface area contributed by atoms with Crippen molar-refractivity contribution in [3.05, 3.63) is 29.8 Å². The summed E-state index contributed by atoms with van der Waals surface area (Å²) >= 11 is 0. The third kappa shape index (κ3) is 11.5. The van der Waals surface area contributed by atoms with Crippen molar-refractivity contribution in [3.8, 4) is 5.75 Å². The molecule has 1 rings (SSSR count). The van der Waals surface area contributed by atoms with Gasteiger partial charge in [0.2, 0.25) is 0 Å². The van der Waals surface area contributed by atoms with E-state index in [2.05, 4.69) is 13.8 Å². The zero-order chi connectivity index (χ0) is 14.2. The average molecular weight is 254 g/mol. The second-order valence-corrected chi connectivity index (χ2v) is 3.27. The predicted molar refractivity (Wildman–Crippen MR) is 80.5 cm³/mol. The number of rotatable bonds is 6. The quantitative estimate of drug-likeness (QED) is 0.675. The molecule has 2 nitrogen and oxygen atoms in total. The van der Waals surface area contributed by atoms with Crippen LogP contribution in [0.2, 0.25) is 0 Å². The molecule has 106 valence electrons. The number of hydrogen-bond donors (Lipinski definition) is 0. The molecule has 0 aromatic heterocycles. The van der Waals surface area contributed by atoms with Crippen LogP contribution in [0.25, 0.3) is 0 Å². The van der Waals surface area contributed by atoms with Gasteiger partial charge in [-0.05, 0) is 25.5 Å². The van der Waals surface area contributed by atoms with Crippen LogP contribution in [0.4, 0.5) is 0 Å².